The Bertz CT molecular complexity index is 794. The molecule has 0 spiro atoms. The Morgan fingerprint density at radius 1 is 0.929 bits per heavy atom. The Balaban J connectivity index is 1.47. The molecule has 0 unspecified atom stereocenters. The molecule has 2 aromatic carbocycles. The number of methoxy groups -OCH3 is 2. The summed E-state index contributed by atoms with van der Waals surface area (Å²) in [6.45, 7) is 1.67. The molecule has 0 radical (unpaired) electrons. The summed E-state index contributed by atoms with van der Waals surface area (Å²) in [4.78, 5) is 26.9. The van der Waals surface area contributed by atoms with Crippen LogP contribution >= 0.6 is 0 Å². The number of hydrogen-bond donors (Lipinski definition) is 1. The van der Waals surface area contributed by atoms with Crippen LogP contribution in [0, 0.1) is 5.92 Å². The predicted molar refractivity (Wildman–Crippen MR) is 106 cm³/mol. The van der Waals surface area contributed by atoms with Gasteiger partial charge < -0.3 is 19.7 Å². The molecule has 1 aliphatic heterocycles. The zero-order chi connectivity index (χ0) is 19.9. The van der Waals surface area contributed by atoms with Crippen molar-refractivity contribution in [1.29, 1.82) is 0 Å². The van der Waals surface area contributed by atoms with E-state index in [2.05, 4.69) is 5.32 Å². The Hall–Kier alpha value is -3.02. The highest BCUT2D eigenvalue weighted by molar-refractivity contribution is 5.94. The number of hydrogen-bond acceptors (Lipinski definition) is 4. The van der Waals surface area contributed by atoms with Crippen LogP contribution in [0.25, 0.3) is 0 Å². The summed E-state index contributed by atoms with van der Waals surface area (Å²) in [5.41, 5.74) is 1.67. The van der Waals surface area contributed by atoms with Crippen LogP contribution in [0.3, 0.4) is 0 Å². The van der Waals surface area contributed by atoms with Crippen molar-refractivity contribution in [2.75, 3.05) is 27.3 Å². The minimum Gasteiger partial charge on any atom is -0.497 e. The van der Waals surface area contributed by atoms with Crippen LogP contribution in [0.2, 0.25) is 0 Å². The van der Waals surface area contributed by atoms with Gasteiger partial charge in [0.25, 0.3) is 5.91 Å². The highest BCUT2D eigenvalue weighted by Crippen LogP contribution is 2.21. The van der Waals surface area contributed by atoms with Crippen LogP contribution in [0.4, 0.5) is 0 Å². The van der Waals surface area contributed by atoms with Crippen LogP contribution in [0.1, 0.15) is 28.8 Å². The molecule has 0 aromatic heterocycles. The summed E-state index contributed by atoms with van der Waals surface area (Å²) in [7, 11) is 3.23. The van der Waals surface area contributed by atoms with Gasteiger partial charge in [-0.05, 0) is 54.8 Å². The molecule has 2 aromatic rings. The van der Waals surface area contributed by atoms with E-state index in [1.165, 1.54) is 0 Å². The first-order valence-corrected chi connectivity index (χ1v) is 9.44. The van der Waals surface area contributed by atoms with E-state index in [1.807, 2.05) is 29.2 Å². The number of likely N-dealkylation sites (tertiary alicyclic amines) is 1. The fraction of sp³-hybridized carbons (Fsp3) is 0.364. The molecule has 0 saturated carbocycles. The molecule has 0 aliphatic carbocycles. The summed E-state index contributed by atoms with van der Waals surface area (Å²) < 4.78 is 10.3. The average Bonchev–Trinajstić information content (AvgIpc) is 2.77. The normalized spacial score (nSPS) is 14.4. The number of nitrogens with one attached hydrogen (secondary N) is 1. The molecule has 1 aliphatic rings. The lowest BCUT2D eigenvalue weighted by Crippen LogP contribution is -2.42. The fourth-order valence-corrected chi connectivity index (χ4v) is 3.34. The van der Waals surface area contributed by atoms with Crippen LogP contribution in [0.5, 0.6) is 11.5 Å². The Morgan fingerprint density at radius 2 is 1.46 bits per heavy atom. The van der Waals surface area contributed by atoms with Gasteiger partial charge in [0.05, 0.1) is 14.2 Å². The zero-order valence-electron chi connectivity index (χ0n) is 16.3. The summed E-state index contributed by atoms with van der Waals surface area (Å²) in [5.74, 6) is 1.51. The third-order valence-corrected chi connectivity index (χ3v) is 5.12. The first-order valence-electron chi connectivity index (χ1n) is 9.44. The van der Waals surface area contributed by atoms with E-state index in [1.54, 1.807) is 38.5 Å². The van der Waals surface area contributed by atoms with Crippen LogP contribution in [-0.2, 0) is 11.3 Å². The molecular formula is C22H26N2O4. The molecule has 2 amide bonds. The second kappa shape index (κ2) is 9.26. The van der Waals surface area contributed by atoms with Crippen molar-refractivity contribution in [2.24, 2.45) is 5.92 Å². The maximum absolute atomic E-state index is 12.6. The molecule has 1 N–H and O–H groups in total. The number of carbonyl (C=O) groups excluding carboxylic acids is 2. The van der Waals surface area contributed by atoms with Gasteiger partial charge in [0.2, 0.25) is 5.91 Å². The molecule has 28 heavy (non-hydrogen) atoms. The van der Waals surface area contributed by atoms with Crippen molar-refractivity contribution in [1.82, 2.24) is 10.2 Å². The van der Waals surface area contributed by atoms with E-state index in [0.717, 1.165) is 17.1 Å². The molecular weight excluding hydrogens is 356 g/mol. The minimum absolute atomic E-state index is 0.000237. The van der Waals surface area contributed by atoms with Gasteiger partial charge in [-0.3, -0.25) is 9.59 Å². The Morgan fingerprint density at radius 3 is 2.00 bits per heavy atom. The smallest absolute Gasteiger partial charge is 0.253 e. The largest absolute Gasteiger partial charge is 0.497 e. The topological polar surface area (TPSA) is 67.9 Å². The summed E-state index contributed by atoms with van der Waals surface area (Å²) >= 11 is 0. The molecule has 3 rings (SSSR count). The van der Waals surface area contributed by atoms with E-state index in [9.17, 15) is 9.59 Å². The first-order chi connectivity index (χ1) is 13.6. The number of ether oxygens (including phenoxy) is 2. The van der Waals surface area contributed by atoms with Crippen LogP contribution < -0.4 is 14.8 Å². The van der Waals surface area contributed by atoms with Crippen LogP contribution in [-0.4, -0.2) is 44.0 Å². The Labute approximate surface area is 165 Å². The summed E-state index contributed by atoms with van der Waals surface area (Å²) in [6, 6.07) is 14.8. The van der Waals surface area contributed by atoms with Crippen molar-refractivity contribution >= 4 is 11.8 Å². The van der Waals surface area contributed by atoms with Gasteiger partial charge in [0.1, 0.15) is 11.5 Å². The number of piperidine rings is 1. The van der Waals surface area contributed by atoms with Gasteiger partial charge >= 0.3 is 0 Å². The van der Waals surface area contributed by atoms with Gasteiger partial charge in [-0.15, -0.1) is 0 Å². The number of carbonyl (C=O) groups is 2. The number of nitrogens with zero attached hydrogens (tertiary/aromatic N) is 1. The molecule has 0 bridgehead atoms. The number of amides is 2. The molecule has 1 saturated heterocycles. The van der Waals surface area contributed by atoms with E-state index < -0.39 is 0 Å². The lowest BCUT2D eigenvalue weighted by molar-refractivity contribution is -0.126. The number of rotatable bonds is 6. The SMILES string of the molecule is COc1ccc(CNC(=O)C2CCN(C(=O)c3ccc(OC)cc3)CC2)cc1. The fourth-order valence-electron chi connectivity index (χ4n) is 3.34. The van der Waals surface area contributed by atoms with E-state index in [-0.39, 0.29) is 17.7 Å². The maximum atomic E-state index is 12.6. The van der Waals surface area contributed by atoms with Gasteiger partial charge in [0, 0.05) is 31.1 Å². The van der Waals surface area contributed by atoms with Gasteiger partial charge in [-0.1, -0.05) is 12.1 Å². The predicted octanol–water partition coefficient (Wildman–Crippen LogP) is 2.87. The lowest BCUT2D eigenvalue weighted by Gasteiger charge is -2.31. The molecule has 1 heterocycles. The van der Waals surface area contributed by atoms with E-state index >= 15 is 0 Å². The minimum atomic E-state index is -0.0573. The highest BCUT2D eigenvalue weighted by atomic mass is 16.5. The van der Waals surface area contributed by atoms with Gasteiger partial charge in [0.15, 0.2) is 0 Å². The first kappa shape index (κ1) is 19.7. The van der Waals surface area contributed by atoms with E-state index in [4.69, 9.17) is 9.47 Å². The van der Waals surface area contributed by atoms with Crippen molar-refractivity contribution in [3.05, 3.63) is 59.7 Å². The standard InChI is InChI=1S/C22H26N2O4/c1-27-19-7-3-16(4-8-19)15-23-21(25)17-11-13-24(14-12-17)22(26)18-5-9-20(28-2)10-6-18/h3-10,17H,11-15H2,1-2H3,(H,23,25). The summed E-state index contributed by atoms with van der Waals surface area (Å²) in [6.07, 6.45) is 1.35. The summed E-state index contributed by atoms with van der Waals surface area (Å²) in [5, 5.41) is 3.00. The molecule has 6 nitrogen and oxygen atoms in total. The molecule has 148 valence electrons. The van der Waals surface area contributed by atoms with Crippen molar-refractivity contribution in [3.63, 3.8) is 0 Å². The molecule has 0 atom stereocenters. The maximum Gasteiger partial charge on any atom is 0.253 e. The van der Waals surface area contributed by atoms with Crippen molar-refractivity contribution in [2.45, 2.75) is 19.4 Å². The Kier molecular flexibility index (Phi) is 6.53. The third-order valence-electron chi connectivity index (χ3n) is 5.12. The second-order valence-corrected chi connectivity index (χ2v) is 6.86. The zero-order valence-corrected chi connectivity index (χ0v) is 16.3. The van der Waals surface area contributed by atoms with Gasteiger partial charge in [-0.25, -0.2) is 0 Å². The monoisotopic (exact) mass is 382 g/mol. The van der Waals surface area contributed by atoms with Crippen molar-refractivity contribution < 1.29 is 19.1 Å². The average molecular weight is 382 g/mol. The van der Waals surface area contributed by atoms with Crippen molar-refractivity contribution in [3.8, 4) is 11.5 Å². The lowest BCUT2D eigenvalue weighted by atomic mass is 9.95. The third kappa shape index (κ3) is 4.82. The number of benzene rings is 2. The second-order valence-electron chi connectivity index (χ2n) is 6.86. The molecule has 1 fully saturated rings. The van der Waals surface area contributed by atoms with E-state index in [0.29, 0.717) is 38.0 Å². The quantitative estimate of drug-likeness (QED) is 0.834. The highest BCUT2D eigenvalue weighted by Gasteiger charge is 2.27. The van der Waals surface area contributed by atoms with Gasteiger partial charge in [-0.2, -0.15) is 0 Å². The van der Waals surface area contributed by atoms with Crippen LogP contribution in [0.15, 0.2) is 48.5 Å². The molecule has 6 heteroatoms.